The monoisotopic (exact) mass is 400 g/mol. The number of carbonyl (C=O) groups excluding carboxylic acids is 2. The molecule has 3 rings (SSSR count). The zero-order valence-corrected chi connectivity index (χ0v) is 14.3. The van der Waals surface area contributed by atoms with Crippen LogP contribution in [0.15, 0.2) is 33.9 Å². The largest absolute Gasteiger partial charge is 0.425 e. The summed E-state index contributed by atoms with van der Waals surface area (Å²) in [7, 11) is 1.97. The zero-order valence-electron chi connectivity index (χ0n) is 14.3. The molecule has 2 aromatic rings. The Balaban J connectivity index is 2.31. The Morgan fingerprint density at radius 3 is 2.29 bits per heavy atom. The first-order valence-electron chi connectivity index (χ1n) is 7.69. The smallest absolute Gasteiger partial charge is 0.326 e. The SMILES string of the molecule is Cn1c2c(c(=O)n(C)c1=O)C(NC(=O)c1ccccc1F)(C(F)(F)F)C(=O)N2. The van der Waals surface area contributed by atoms with E-state index in [9.17, 15) is 36.7 Å². The Kier molecular flexibility index (Phi) is 4.17. The van der Waals surface area contributed by atoms with Crippen molar-refractivity contribution in [1.82, 2.24) is 14.5 Å². The molecule has 2 heterocycles. The lowest BCUT2D eigenvalue weighted by Crippen LogP contribution is -2.62. The maximum Gasteiger partial charge on any atom is 0.425 e. The molecule has 1 aliphatic heterocycles. The fourth-order valence-electron chi connectivity index (χ4n) is 2.99. The van der Waals surface area contributed by atoms with Crippen molar-refractivity contribution in [1.29, 1.82) is 0 Å². The summed E-state index contributed by atoms with van der Waals surface area (Å²) in [5.41, 5.74) is -8.15. The summed E-state index contributed by atoms with van der Waals surface area (Å²) in [6.07, 6.45) is -5.48. The van der Waals surface area contributed by atoms with Gasteiger partial charge in [-0.05, 0) is 12.1 Å². The number of hydrogen-bond donors (Lipinski definition) is 2. The first-order chi connectivity index (χ1) is 12.9. The first-order valence-corrected chi connectivity index (χ1v) is 7.69. The van der Waals surface area contributed by atoms with E-state index < -0.39 is 57.5 Å². The molecule has 1 aromatic carbocycles. The van der Waals surface area contributed by atoms with Gasteiger partial charge in [-0.1, -0.05) is 12.1 Å². The lowest BCUT2D eigenvalue weighted by atomic mass is 9.91. The highest BCUT2D eigenvalue weighted by Gasteiger charge is 2.68. The second-order valence-electron chi connectivity index (χ2n) is 6.07. The van der Waals surface area contributed by atoms with Crippen LogP contribution in [0.5, 0.6) is 0 Å². The quantitative estimate of drug-likeness (QED) is 0.711. The van der Waals surface area contributed by atoms with Crippen LogP contribution in [-0.2, 0) is 24.4 Å². The van der Waals surface area contributed by atoms with Crippen LogP contribution < -0.4 is 21.9 Å². The Bertz CT molecular complexity index is 1130. The standard InChI is InChI=1S/C16H12F4N4O4/c1-23-10-9(12(26)24(2)14(23)28)15(13(27)21-10,16(18,19)20)22-11(25)7-5-3-4-6-8(7)17/h3-6H,1-2H3,(H,21,27)(H,22,25). The summed E-state index contributed by atoms with van der Waals surface area (Å²) < 4.78 is 57.0. The van der Waals surface area contributed by atoms with Crippen molar-refractivity contribution < 1.29 is 27.2 Å². The molecule has 0 bridgehead atoms. The molecule has 1 atom stereocenters. The number of nitrogens with one attached hydrogen (secondary N) is 2. The highest BCUT2D eigenvalue weighted by Crippen LogP contribution is 2.45. The van der Waals surface area contributed by atoms with Crippen LogP contribution in [0.3, 0.4) is 0 Å². The third kappa shape index (κ3) is 2.44. The van der Waals surface area contributed by atoms with Crippen LogP contribution in [0.1, 0.15) is 15.9 Å². The van der Waals surface area contributed by atoms with Crippen LogP contribution in [0.4, 0.5) is 23.4 Å². The number of rotatable bonds is 2. The summed E-state index contributed by atoms with van der Waals surface area (Å²) >= 11 is 0. The van der Waals surface area contributed by atoms with Gasteiger partial charge in [-0.25, -0.2) is 9.18 Å². The molecule has 0 spiro atoms. The van der Waals surface area contributed by atoms with Gasteiger partial charge in [0, 0.05) is 14.1 Å². The molecular formula is C16H12F4N4O4. The van der Waals surface area contributed by atoms with E-state index in [2.05, 4.69) is 0 Å². The third-order valence-electron chi connectivity index (χ3n) is 4.46. The second-order valence-corrected chi connectivity index (χ2v) is 6.07. The minimum Gasteiger partial charge on any atom is -0.326 e. The molecule has 1 unspecified atom stereocenters. The van der Waals surface area contributed by atoms with E-state index in [1.165, 1.54) is 17.4 Å². The number of fused-ring (bicyclic) bond motifs is 1. The van der Waals surface area contributed by atoms with E-state index >= 15 is 0 Å². The van der Waals surface area contributed by atoms with Crippen molar-refractivity contribution in [2.24, 2.45) is 14.1 Å². The average molecular weight is 400 g/mol. The molecule has 0 radical (unpaired) electrons. The number of anilines is 1. The van der Waals surface area contributed by atoms with Crippen molar-refractivity contribution in [3.05, 3.63) is 62.0 Å². The maximum atomic E-state index is 14.1. The number of carbonyl (C=O) groups is 2. The van der Waals surface area contributed by atoms with Crippen LogP contribution in [0.2, 0.25) is 0 Å². The first kappa shape index (κ1) is 19.3. The van der Waals surface area contributed by atoms with Gasteiger partial charge in [0.25, 0.3) is 22.9 Å². The number of halogens is 4. The van der Waals surface area contributed by atoms with E-state index in [1.54, 1.807) is 0 Å². The van der Waals surface area contributed by atoms with Crippen molar-refractivity contribution >= 4 is 17.6 Å². The van der Waals surface area contributed by atoms with Gasteiger partial charge < -0.3 is 10.6 Å². The number of hydrogen-bond acceptors (Lipinski definition) is 4. The van der Waals surface area contributed by atoms with Crippen molar-refractivity contribution in [2.75, 3.05) is 5.32 Å². The molecule has 8 nitrogen and oxygen atoms in total. The molecule has 12 heteroatoms. The molecule has 0 fully saturated rings. The molecule has 2 amide bonds. The summed E-state index contributed by atoms with van der Waals surface area (Å²) in [5.74, 6) is -5.18. The number of benzene rings is 1. The summed E-state index contributed by atoms with van der Waals surface area (Å²) in [5, 5.41) is 3.29. The van der Waals surface area contributed by atoms with Crippen molar-refractivity contribution in [3.63, 3.8) is 0 Å². The van der Waals surface area contributed by atoms with Crippen LogP contribution in [0, 0.1) is 5.82 Å². The Morgan fingerprint density at radius 2 is 1.71 bits per heavy atom. The van der Waals surface area contributed by atoms with Gasteiger partial charge in [-0.3, -0.25) is 23.5 Å². The topological polar surface area (TPSA) is 102 Å². The predicted octanol–water partition coefficient (Wildman–Crippen LogP) is 0.363. The van der Waals surface area contributed by atoms with E-state index in [4.69, 9.17) is 0 Å². The lowest BCUT2D eigenvalue weighted by molar-refractivity contribution is -0.196. The van der Waals surface area contributed by atoms with E-state index in [0.717, 1.165) is 26.2 Å². The Morgan fingerprint density at radius 1 is 1.11 bits per heavy atom. The highest BCUT2D eigenvalue weighted by molar-refractivity contribution is 6.09. The van der Waals surface area contributed by atoms with E-state index in [1.807, 2.05) is 5.32 Å². The molecule has 28 heavy (non-hydrogen) atoms. The highest BCUT2D eigenvalue weighted by atomic mass is 19.4. The lowest BCUT2D eigenvalue weighted by Gasteiger charge is -2.30. The Labute approximate surface area is 153 Å². The fraction of sp³-hybridized carbons (Fsp3) is 0.250. The Hall–Kier alpha value is -3.44. The third-order valence-corrected chi connectivity index (χ3v) is 4.46. The molecule has 2 N–H and O–H groups in total. The number of amides is 2. The summed E-state index contributed by atoms with van der Waals surface area (Å²) in [6, 6.07) is 4.19. The molecule has 1 aliphatic rings. The van der Waals surface area contributed by atoms with Gasteiger partial charge in [0.2, 0.25) is 0 Å². The zero-order chi connectivity index (χ0) is 21.0. The molecule has 148 valence electrons. The van der Waals surface area contributed by atoms with E-state index in [-0.39, 0.29) is 0 Å². The maximum absolute atomic E-state index is 14.1. The van der Waals surface area contributed by atoms with Crippen LogP contribution in [-0.4, -0.2) is 27.1 Å². The van der Waals surface area contributed by atoms with Gasteiger partial charge >= 0.3 is 11.9 Å². The summed E-state index contributed by atoms with van der Waals surface area (Å²) in [6.45, 7) is 0. The number of nitrogens with zero attached hydrogens (tertiary/aromatic N) is 2. The minimum atomic E-state index is -5.48. The predicted molar refractivity (Wildman–Crippen MR) is 87.2 cm³/mol. The summed E-state index contributed by atoms with van der Waals surface area (Å²) in [4.78, 5) is 49.2. The number of aromatic nitrogens is 2. The second kappa shape index (κ2) is 6.04. The molecule has 1 aromatic heterocycles. The van der Waals surface area contributed by atoms with Gasteiger partial charge in [0.1, 0.15) is 17.2 Å². The van der Waals surface area contributed by atoms with Crippen LogP contribution in [0.25, 0.3) is 0 Å². The van der Waals surface area contributed by atoms with Crippen molar-refractivity contribution in [3.8, 4) is 0 Å². The van der Waals surface area contributed by atoms with Crippen LogP contribution >= 0.6 is 0 Å². The van der Waals surface area contributed by atoms with E-state index in [0.29, 0.717) is 9.13 Å². The number of alkyl halides is 3. The molecular weight excluding hydrogens is 388 g/mol. The minimum absolute atomic E-state index is 0.370. The fourth-order valence-corrected chi connectivity index (χ4v) is 2.99. The molecule has 0 saturated heterocycles. The average Bonchev–Trinajstić information content (AvgIpc) is 2.92. The molecule has 0 aliphatic carbocycles. The van der Waals surface area contributed by atoms with Gasteiger partial charge in [0.15, 0.2) is 0 Å². The normalized spacial score (nSPS) is 18.6. The van der Waals surface area contributed by atoms with Gasteiger partial charge in [-0.15, -0.1) is 0 Å². The van der Waals surface area contributed by atoms with Gasteiger partial charge in [-0.2, -0.15) is 13.2 Å². The van der Waals surface area contributed by atoms with Crippen molar-refractivity contribution in [2.45, 2.75) is 11.7 Å². The molecule has 0 saturated carbocycles. The van der Waals surface area contributed by atoms with Gasteiger partial charge in [0.05, 0.1) is 5.56 Å².